The summed E-state index contributed by atoms with van der Waals surface area (Å²) in [4.78, 5) is 15.8. The highest BCUT2D eigenvalue weighted by Crippen LogP contribution is 2.17. The summed E-state index contributed by atoms with van der Waals surface area (Å²) in [5.74, 6) is 0.375. The molecule has 1 aromatic heterocycles. The van der Waals surface area contributed by atoms with Crippen LogP contribution in [-0.4, -0.2) is 42.0 Å². The molecule has 0 aliphatic rings. The van der Waals surface area contributed by atoms with Crippen molar-refractivity contribution in [3.05, 3.63) is 27.9 Å². The number of likely N-dealkylation sites (N-methyl/N-ethyl adjacent to an activating group) is 1. The number of aromatic nitrogens is 1. The van der Waals surface area contributed by atoms with Gasteiger partial charge in [-0.15, -0.1) is 0 Å². The van der Waals surface area contributed by atoms with Crippen LogP contribution >= 0.6 is 0 Å². The lowest BCUT2D eigenvalue weighted by Crippen LogP contribution is -2.21. The van der Waals surface area contributed by atoms with Crippen LogP contribution in [0.1, 0.15) is 5.56 Å². The summed E-state index contributed by atoms with van der Waals surface area (Å²) in [6, 6.07) is 3.10. The zero-order chi connectivity index (χ0) is 12.8. The molecule has 0 fully saturated rings. The van der Waals surface area contributed by atoms with E-state index in [1.807, 2.05) is 25.1 Å². The Kier molecular flexibility index (Phi) is 4.37. The van der Waals surface area contributed by atoms with Crippen LogP contribution in [0.4, 0.5) is 11.5 Å². The zero-order valence-electron chi connectivity index (χ0n) is 9.67. The topological polar surface area (TPSA) is 95.1 Å². The molecule has 0 spiro atoms. The normalized spacial score (nSPS) is 10.0. The molecule has 0 saturated carbocycles. The second kappa shape index (κ2) is 5.77. The molecule has 7 heteroatoms. The van der Waals surface area contributed by atoms with Gasteiger partial charge in [-0.2, -0.15) is 5.26 Å². The molecule has 1 N–H and O–H groups in total. The number of rotatable bonds is 5. The van der Waals surface area contributed by atoms with Crippen molar-refractivity contribution in [3.63, 3.8) is 0 Å². The van der Waals surface area contributed by atoms with E-state index < -0.39 is 4.92 Å². The van der Waals surface area contributed by atoms with Gasteiger partial charge >= 0.3 is 0 Å². The Morgan fingerprint density at radius 3 is 2.88 bits per heavy atom. The van der Waals surface area contributed by atoms with Gasteiger partial charge < -0.3 is 10.2 Å². The predicted octanol–water partition coefficient (Wildman–Crippen LogP) is 0.835. The Hall–Kier alpha value is -2.20. The summed E-state index contributed by atoms with van der Waals surface area (Å²) in [5.41, 5.74) is -0.00216. The molecule has 17 heavy (non-hydrogen) atoms. The summed E-state index contributed by atoms with van der Waals surface area (Å²) in [6.45, 7) is 1.40. The molecular formula is C10H13N5O2. The fourth-order valence-corrected chi connectivity index (χ4v) is 1.18. The smallest absolute Gasteiger partial charge is 0.289 e. The summed E-state index contributed by atoms with van der Waals surface area (Å²) < 4.78 is 0. The van der Waals surface area contributed by atoms with Gasteiger partial charge in [0.2, 0.25) is 0 Å². The molecule has 0 saturated heterocycles. The van der Waals surface area contributed by atoms with E-state index in [2.05, 4.69) is 10.3 Å². The van der Waals surface area contributed by atoms with E-state index in [0.717, 1.165) is 12.7 Å². The Morgan fingerprint density at radius 1 is 1.65 bits per heavy atom. The molecule has 90 valence electrons. The van der Waals surface area contributed by atoms with Gasteiger partial charge in [-0.3, -0.25) is 10.1 Å². The van der Waals surface area contributed by atoms with Crippen LogP contribution in [0.15, 0.2) is 12.3 Å². The van der Waals surface area contributed by atoms with E-state index in [1.165, 1.54) is 6.07 Å². The van der Waals surface area contributed by atoms with E-state index in [9.17, 15) is 10.1 Å². The van der Waals surface area contributed by atoms with Crippen LogP contribution in [0.5, 0.6) is 0 Å². The van der Waals surface area contributed by atoms with Crippen molar-refractivity contribution < 1.29 is 4.92 Å². The summed E-state index contributed by atoms with van der Waals surface area (Å²) >= 11 is 0. The van der Waals surface area contributed by atoms with E-state index >= 15 is 0 Å². The van der Waals surface area contributed by atoms with Crippen molar-refractivity contribution in [2.75, 3.05) is 32.5 Å². The van der Waals surface area contributed by atoms with Crippen LogP contribution in [0.25, 0.3) is 0 Å². The Labute approximate surface area is 98.8 Å². The summed E-state index contributed by atoms with van der Waals surface area (Å²) in [5, 5.41) is 22.3. The molecule has 0 unspecified atom stereocenters. The number of nitriles is 1. The lowest BCUT2D eigenvalue weighted by molar-refractivity contribution is -0.385. The van der Waals surface area contributed by atoms with E-state index in [-0.39, 0.29) is 11.3 Å². The third kappa shape index (κ3) is 3.70. The molecule has 0 aromatic carbocycles. The number of nitrogens with one attached hydrogen (secondary N) is 1. The minimum absolute atomic E-state index is 0.179. The monoisotopic (exact) mass is 235 g/mol. The average molecular weight is 235 g/mol. The standard InChI is InChI=1S/C10H13N5O2/c1-14(2)4-3-12-10-8(6-11)5-9(7-13-10)15(16)17/h5,7H,3-4H2,1-2H3,(H,12,13). The fraction of sp³-hybridized carbons (Fsp3) is 0.400. The van der Waals surface area contributed by atoms with Crippen molar-refractivity contribution in [3.8, 4) is 6.07 Å². The lowest BCUT2D eigenvalue weighted by atomic mass is 10.2. The highest BCUT2D eigenvalue weighted by molar-refractivity contribution is 5.55. The van der Waals surface area contributed by atoms with Crippen LogP contribution in [0.3, 0.4) is 0 Å². The molecule has 1 aromatic rings. The predicted molar refractivity (Wildman–Crippen MR) is 62.7 cm³/mol. The highest BCUT2D eigenvalue weighted by atomic mass is 16.6. The number of anilines is 1. The van der Waals surface area contributed by atoms with Gasteiger partial charge in [0.25, 0.3) is 5.69 Å². The molecular weight excluding hydrogens is 222 g/mol. The largest absolute Gasteiger partial charge is 0.368 e. The lowest BCUT2D eigenvalue weighted by Gasteiger charge is -2.11. The first-order chi connectivity index (χ1) is 8.04. The quantitative estimate of drug-likeness (QED) is 0.600. The maximum absolute atomic E-state index is 10.5. The van der Waals surface area contributed by atoms with Crippen molar-refractivity contribution in [1.29, 1.82) is 5.26 Å². The van der Waals surface area contributed by atoms with Crippen molar-refractivity contribution in [2.45, 2.75) is 0 Å². The van der Waals surface area contributed by atoms with Gasteiger partial charge in [0.1, 0.15) is 23.6 Å². The number of nitrogens with zero attached hydrogens (tertiary/aromatic N) is 4. The number of nitro groups is 1. The average Bonchev–Trinajstić information content (AvgIpc) is 2.28. The Balaban J connectivity index is 2.79. The number of hydrogen-bond donors (Lipinski definition) is 1. The minimum atomic E-state index is -0.572. The van der Waals surface area contributed by atoms with Crippen LogP contribution in [0, 0.1) is 21.4 Å². The van der Waals surface area contributed by atoms with Gasteiger partial charge in [-0.1, -0.05) is 0 Å². The molecule has 7 nitrogen and oxygen atoms in total. The molecule has 0 radical (unpaired) electrons. The number of hydrogen-bond acceptors (Lipinski definition) is 6. The third-order valence-electron chi connectivity index (χ3n) is 2.06. The van der Waals surface area contributed by atoms with Gasteiger partial charge in [0, 0.05) is 19.2 Å². The molecule has 0 atom stereocenters. The van der Waals surface area contributed by atoms with Crippen molar-refractivity contribution in [1.82, 2.24) is 9.88 Å². The maximum Gasteiger partial charge on any atom is 0.289 e. The highest BCUT2D eigenvalue weighted by Gasteiger charge is 2.11. The van der Waals surface area contributed by atoms with E-state index in [1.54, 1.807) is 0 Å². The maximum atomic E-state index is 10.5. The van der Waals surface area contributed by atoms with Crippen molar-refractivity contribution in [2.24, 2.45) is 0 Å². The second-order valence-corrected chi connectivity index (χ2v) is 3.69. The van der Waals surface area contributed by atoms with E-state index in [4.69, 9.17) is 5.26 Å². The van der Waals surface area contributed by atoms with Crippen LogP contribution < -0.4 is 5.32 Å². The molecule has 0 bridgehead atoms. The Morgan fingerprint density at radius 2 is 2.35 bits per heavy atom. The SMILES string of the molecule is CN(C)CCNc1ncc([N+](=O)[O-])cc1C#N. The Bertz CT molecular complexity index is 452. The van der Waals surface area contributed by atoms with Gasteiger partial charge in [0.15, 0.2) is 0 Å². The zero-order valence-corrected chi connectivity index (χ0v) is 9.67. The van der Waals surface area contributed by atoms with Gasteiger partial charge in [0.05, 0.1) is 4.92 Å². The fourth-order valence-electron chi connectivity index (χ4n) is 1.18. The minimum Gasteiger partial charge on any atom is -0.368 e. The summed E-state index contributed by atoms with van der Waals surface area (Å²) in [6.07, 6.45) is 1.14. The first-order valence-corrected chi connectivity index (χ1v) is 4.97. The van der Waals surface area contributed by atoms with Gasteiger partial charge in [-0.25, -0.2) is 4.98 Å². The first-order valence-electron chi connectivity index (χ1n) is 4.97. The van der Waals surface area contributed by atoms with Crippen molar-refractivity contribution >= 4 is 11.5 Å². The molecule has 0 aliphatic heterocycles. The van der Waals surface area contributed by atoms with Crippen LogP contribution in [0.2, 0.25) is 0 Å². The third-order valence-corrected chi connectivity index (χ3v) is 2.06. The summed E-state index contributed by atoms with van der Waals surface area (Å²) in [7, 11) is 3.85. The number of pyridine rings is 1. The van der Waals surface area contributed by atoms with Crippen LogP contribution in [-0.2, 0) is 0 Å². The first kappa shape index (κ1) is 12.9. The molecule has 1 heterocycles. The molecule has 1 rings (SSSR count). The van der Waals surface area contributed by atoms with E-state index in [0.29, 0.717) is 12.4 Å². The van der Waals surface area contributed by atoms with Gasteiger partial charge in [-0.05, 0) is 14.1 Å². The second-order valence-electron chi connectivity index (χ2n) is 3.69. The molecule has 0 amide bonds. The molecule has 0 aliphatic carbocycles.